The largest absolute Gasteiger partial charge is 0.368 e. The van der Waals surface area contributed by atoms with E-state index in [-0.39, 0.29) is 11.7 Å². The Hall–Kier alpha value is -2.43. The van der Waals surface area contributed by atoms with Crippen molar-refractivity contribution < 1.29 is 9.59 Å². The molecule has 1 aliphatic heterocycles. The van der Waals surface area contributed by atoms with Crippen LogP contribution in [-0.4, -0.2) is 17.8 Å². The molecule has 5 nitrogen and oxygen atoms in total. The molecule has 1 aliphatic rings. The van der Waals surface area contributed by atoms with Crippen molar-refractivity contribution in [3.05, 3.63) is 47.7 Å². The minimum Gasteiger partial charge on any atom is -0.306 e. The monoisotopic (exact) mass is 228 g/mol. The smallest absolute Gasteiger partial charge is 0.306 e. The molecule has 1 N–H and O–H groups in total. The maximum absolute atomic E-state index is 11.8. The van der Waals surface area contributed by atoms with Gasteiger partial charge in [0.15, 0.2) is 0 Å². The van der Waals surface area contributed by atoms with Crippen molar-refractivity contribution in [2.75, 3.05) is 0 Å². The van der Waals surface area contributed by atoms with Gasteiger partial charge in [0.25, 0.3) is 5.91 Å². The highest BCUT2D eigenvalue weighted by atomic mass is 16.2. The molecule has 0 fully saturated rings. The summed E-state index contributed by atoms with van der Waals surface area (Å²) < 4.78 is 0. The number of amides is 3. The van der Waals surface area contributed by atoms with E-state index in [1.54, 1.807) is 31.2 Å². The molecule has 0 aliphatic carbocycles. The topological polar surface area (TPSA) is 72.6 Å². The van der Waals surface area contributed by atoms with E-state index >= 15 is 0 Å². The highest BCUT2D eigenvalue weighted by Crippen LogP contribution is 2.03. The first-order valence-corrected chi connectivity index (χ1v) is 5.04. The lowest BCUT2D eigenvalue weighted by Crippen LogP contribution is -2.34. The van der Waals surface area contributed by atoms with Gasteiger partial charge in [-0.15, -0.1) is 0 Å². The van der Waals surface area contributed by atoms with Gasteiger partial charge in [-0.3, -0.25) is 4.79 Å². The number of hydrogen-bond acceptors (Lipinski definition) is 2. The summed E-state index contributed by atoms with van der Waals surface area (Å²) in [6.07, 6.45) is 1.38. The quantitative estimate of drug-likeness (QED) is 0.790. The number of nitrogens with zero attached hydrogens (tertiary/aromatic N) is 2. The maximum Gasteiger partial charge on any atom is 0.368 e. The van der Waals surface area contributed by atoms with Gasteiger partial charge in [0, 0.05) is 17.3 Å². The number of nitrogens with one attached hydrogen (secondary N) is 1. The van der Waals surface area contributed by atoms with Gasteiger partial charge in [0.05, 0.1) is 0 Å². The molecule has 0 bridgehead atoms. The van der Waals surface area contributed by atoms with Crippen LogP contribution in [0.15, 0.2) is 47.1 Å². The lowest BCUT2D eigenvalue weighted by Gasteiger charge is -2.11. The number of aliphatic imine (C=N–C) groups is 1. The molecular formula is C12H10N3O2. The Balaban J connectivity index is 2.14. The Bertz CT molecular complexity index is 518. The normalized spacial score (nSPS) is 14.5. The van der Waals surface area contributed by atoms with Crippen LogP contribution in [0.4, 0.5) is 4.79 Å². The molecule has 1 aromatic rings. The van der Waals surface area contributed by atoms with Crippen LogP contribution in [0.3, 0.4) is 0 Å². The summed E-state index contributed by atoms with van der Waals surface area (Å²) >= 11 is 0. The summed E-state index contributed by atoms with van der Waals surface area (Å²) in [6, 6.07) is 8.11. The van der Waals surface area contributed by atoms with Crippen LogP contribution >= 0.6 is 0 Å². The average molecular weight is 228 g/mol. The van der Waals surface area contributed by atoms with E-state index in [2.05, 4.69) is 15.6 Å². The highest BCUT2D eigenvalue weighted by molar-refractivity contribution is 6.15. The van der Waals surface area contributed by atoms with Crippen LogP contribution in [0.5, 0.6) is 0 Å². The van der Waals surface area contributed by atoms with Gasteiger partial charge < -0.3 is 5.32 Å². The van der Waals surface area contributed by atoms with Crippen molar-refractivity contribution in [3.63, 3.8) is 0 Å². The van der Waals surface area contributed by atoms with Crippen LogP contribution in [0.1, 0.15) is 17.3 Å². The number of carbonyl (C=O) groups excluding carboxylic acids is 2. The first-order valence-electron chi connectivity index (χ1n) is 5.04. The Morgan fingerprint density at radius 2 is 1.94 bits per heavy atom. The number of benzene rings is 1. The molecule has 0 unspecified atom stereocenters. The van der Waals surface area contributed by atoms with Crippen LogP contribution in [-0.2, 0) is 0 Å². The SMILES string of the molecule is CC1=C[N]C(=O)N=C1NC(=O)c1ccccc1. The molecule has 1 heterocycles. The second-order valence-electron chi connectivity index (χ2n) is 3.50. The Morgan fingerprint density at radius 3 is 2.65 bits per heavy atom. The van der Waals surface area contributed by atoms with Gasteiger partial charge in [0.1, 0.15) is 5.84 Å². The number of rotatable bonds is 1. The Labute approximate surface area is 98.2 Å². The predicted molar refractivity (Wildman–Crippen MR) is 62.6 cm³/mol. The van der Waals surface area contributed by atoms with Crippen molar-refractivity contribution >= 4 is 17.8 Å². The summed E-state index contributed by atoms with van der Waals surface area (Å²) in [7, 11) is 0. The Morgan fingerprint density at radius 1 is 1.24 bits per heavy atom. The van der Waals surface area contributed by atoms with Gasteiger partial charge in [-0.25, -0.2) is 4.79 Å². The summed E-state index contributed by atoms with van der Waals surface area (Å²) in [5.74, 6) is -0.0503. The summed E-state index contributed by atoms with van der Waals surface area (Å²) in [5, 5.41) is 6.08. The van der Waals surface area contributed by atoms with E-state index in [4.69, 9.17) is 0 Å². The van der Waals surface area contributed by atoms with E-state index < -0.39 is 6.03 Å². The second kappa shape index (κ2) is 4.61. The molecule has 0 saturated heterocycles. The van der Waals surface area contributed by atoms with Crippen molar-refractivity contribution in [3.8, 4) is 0 Å². The van der Waals surface area contributed by atoms with Crippen LogP contribution in [0.25, 0.3) is 0 Å². The fourth-order valence-electron chi connectivity index (χ4n) is 1.32. The average Bonchev–Trinajstić information content (AvgIpc) is 2.35. The zero-order valence-corrected chi connectivity index (χ0v) is 9.18. The molecule has 85 valence electrons. The number of hydrogen-bond donors (Lipinski definition) is 1. The molecule has 5 heteroatoms. The molecule has 3 amide bonds. The molecule has 1 aromatic carbocycles. The maximum atomic E-state index is 11.8. The fourth-order valence-corrected chi connectivity index (χ4v) is 1.32. The molecule has 2 rings (SSSR count). The predicted octanol–water partition coefficient (Wildman–Crippen LogP) is 1.46. The number of carbonyl (C=O) groups is 2. The molecule has 0 saturated carbocycles. The minimum absolute atomic E-state index is 0.249. The molecule has 1 radical (unpaired) electrons. The van der Waals surface area contributed by atoms with E-state index in [1.165, 1.54) is 6.20 Å². The third-order valence-corrected chi connectivity index (χ3v) is 2.22. The van der Waals surface area contributed by atoms with Crippen molar-refractivity contribution in [1.82, 2.24) is 10.6 Å². The molecule has 0 aromatic heterocycles. The lowest BCUT2D eigenvalue weighted by atomic mass is 10.2. The molecule has 0 atom stereocenters. The van der Waals surface area contributed by atoms with Crippen molar-refractivity contribution in [1.29, 1.82) is 0 Å². The van der Waals surface area contributed by atoms with Crippen molar-refractivity contribution in [2.45, 2.75) is 6.92 Å². The lowest BCUT2D eigenvalue weighted by molar-refractivity contribution is 0.0977. The summed E-state index contributed by atoms with van der Waals surface area (Å²) in [5.41, 5.74) is 1.16. The first kappa shape index (κ1) is 11.1. The molecule has 0 spiro atoms. The van der Waals surface area contributed by atoms with E-state index in [0.29, 0.717) is 11.1 Å². The Kier molecular flexibility index (Phi) is 3.00. The van der Waals surface area contributed by atoms with Gasteiger partial charge in [0.2, 0.25) is 0 Å². The van der Waals surface area contributed by atoms with E-state index in [1.807, 2.05) is 6.07 Å². The summed E-state index contributed by atoms with van der Waals surface area (Å²) in [6.45, 7) is 1.72. The van der Waals surface area contributed by atoms with Crippen molar-refractivity contribution in [2.24, 2.45) is 4.99 Å². The van der Waals surface area contributed by atoms with Crippen LogP contribution in [0, 0.1) is 0 Å². The summed E-state index contributed by atoms with van der Waals surface area (Å²) in [4.78, 5) is 26.4. The highest BCUT2D eigenvalue weighted by Gasteiger charge is 2.15. The van der Waals surface area contributed by atoms with E-state index in [0.717, 1.165) is 0 Å². The second-order valence-corrected chi connectivity index (χ2v) is 3.50. The van der Waals surface area contributed by atoms with Crippen LogP contribution < -0.4 is 10.6 Å². The number of urea groups is 1. The minimum atomic E-state index is -0.612. The standard InChI is InChI=1S/C12H10N3O2/c1-8-7-13-12(17)15-10(8)14-11(16)9-5-3-2-4-6-9/h2-7H,1H3,(H,14,15,16,17). The van der Waals surface area contributed by atoms with Crippen LogP contribution in [0.2, 0.25) is 0 Å². The number of amidine groups is 1. The third-order valence-electron chi connectivity index (χ3n) is 2.22. The van der Waals surface area contributed by atoms with Gasteiger partial charge in [-0.2, -0.15) is 10.3 Å². The van der Waals surface area contributed by atoms with Gasteiger partial charge in [-0.1, -0.05) is 18.2 Å². The van der Waals surface area contributed by atoms with Gasteiger partial charge in [-0.05, 0) is 19.1 Å². The third kappa shape index (κ3) is 2.57. The fraction of sp³-hybridized carbons (Fsp3) is 0.0833. The zero-order chi connectivity index (χ0) is 12.3. The first-order chi connectivity index (χ1) is 8.16. The van der Waals surface area contributed by atoms with E-state index in [9.17, 15) is 9.59 Å². The van der Waals surface area contributed by atoms with Gasteiger partial charge >= 0.3 is 6.03 Å². The molecule has 17 heavy (non-hydrogen) atoms. The zero-order valence-electron chi connectivity index (χ0n) is 9.18. The molecular weight excluding hydrogens is 218 g/mol.